The van der Waals surface area contributed by atoms with E-state index in [0.717, 1.165) is 11.3 Å². The van der Waals surface area contributed by atoms with Crippen LogP contribution in [0.5, 0.6) is 0 Å². The van der Waals surface area contributed by atoms with Crippen molar-refractivity contribution in [2.24, 2.45) is 4.99 Å². The summed E-state index contributed by atoms with van der Waals surface area (Å²) in [6.07, 6.45) is 1.82. The lowest BCUT2D eigenvalue weighted by molar-refractivity contribution is 1.04. The second-order valence-corrected chi connectivity index (χ2v) is 2.19. The topological polar surface area (TPSA) is 25.2 Å². The molecule has 0 aliphatic rings. The fourth-order valence-corrected chi connectivity index (χ4v) is 0.721. The quantitative estimate of drug-likeness (QED) is 0.564. The van der Waals surface area contributed by atoms with Gasteiger partial charge in [-0.05, 0) is 25.3 Å². The predicted octanol–water partition coefficient (Wildman–Crippen LogP) is 1.59. The number of hydrogen-bond donors (Lipinski definition) is 0. The van der Waals surface area contributed by atoms with Gasteiger partial charge in [0.25, 0.3) is 0 Å². The molecule has 1 rings (SSSR count). The Balaban J connectivity index is 2.78. The number of aliphatic imine (C=N–C) groups is 1. The molecule has 0 atom stereocenters. The second kappa shape index (κ2) is 3.11. The fraction of sp³-hybridized carbons (Fsp3) is 0.250. The summed E-state index contributed by atoms with van der Waals surface area (Å²) in [6, 6.07) is 3.98. The van der Waals surface area contributed by atoms with E-state index in [9.17, 15) is 0 Å². The third-order valence-electron chi connectivity index (χ3n) is 1.27. The third-order valence-corrected chi connectivity index (χ3v) is 1.27. The van der Waals surface area contributed by atoms with Gasteiger partial charge >= 0.3 is 0 Å². The van der Waals surface area contributed by atoms with Gasteiger partial charge in [0.2, 0.25) is 0 Å². The van der Waals surface area contributed by atoms with Gasteiger partial charge in [-0.1, -0.05) is 6.07 Å². The van der Waals surface area contributed by atoms with Gasteiger partial charge in [0.05, 0.1) is 6.54 Å². The molecule has 0 radical (unpaired) electrons. The molecule has 0 aliphatic carbocycles. The maximum Gasteiger partial charge on any atom is 0.0647 e. The van der Waals surface area contributed by atoms with Crippen molar-refractivity contribution in [3.05, 3.63) is 29.6 Å². The molecule has 10 heavy (non-hydrogen) atoms. The van der Waals surface area contributed by atoms with Gasteiger partial charge in [0.1, 0.15) is 0 Å². The number of pyridine rings is 1. The summed E-state index contributed by atoms with van der Waals surface area (Å²) in [7, 11) is 0. The van der Waals surface area contributed by atoms with Crippen LogP contribution in [0.1, 0.15) is 11.3 Å². The highest BCUT2D eigenvalue weighted by Crippen LogP contribution is 1.99. The van der Waals surface area contributed by atoms with Crippen LogP contribution in [0.25, 0.3) is 0 Å². The summed E-state index contributed by atoms with van der Waals surface area (Å²) in [5.74, 6) is 0. The van der Waals surface area contributed by atoms with E-state index < -0.39 is 0 Å². The van der Waals surface area contributed by atoms with Crippen LogP contribution >= 0.6 is 0 Å². The molecule has 52 valence electrons. The lowest BCUT2D eigenvalue weighted by Gasteiger charge is -1.94. The highest BCUT2D eigenvalue weighted by Gasteiger charge is 1.88. The van der Waals surface area contributed by atoms with E-state index in [1.807, 2.05) is 25.3 Å². The van der Waals surface area contributed by atoms with Gasteiger partial charge in [-0.15, -0.1) is 0 Å². The van der Waals surface area contributed by atoms with Gasteiger partial charge in [-0.3, -0.25) is 9.98 Å². The smallest absolute Gasteiger partial charge is 0.0647 e. The van der Waals surface area contributed by atoms with Gasteiger partial charge in [-0.25, -0.2) is 0 Å². The molecule has 0 bridgehead atoms. The Morgan fingerprint density at radius 1 is 1.60 bits per heavy atom. The van der Waals surface area contributed by atoms with E-state index >= 15 is 0 Å². The Labute approximate surface area is 60.6 Å². The second-order valence-electron chi connectivity index (χ2n) is 2.19. The molecular weight excluding hydrogens is 124 g/mol. The van der Waals surface area contributed by atoms with Crippen molar-refractivity contribution in [2.75, 3.05) is 0 Å². The van der Waals surface area contributed by atoms with Gasteiger partial charge in [0.15, 0.2) is 0 Å². The van der Waals surface area contributed by atoms with Gasteiger partial charge in [-0.2, -0.15) is 0 Å². The SMILES string of the molecule is C=NCc1ccc(C)nc1. The average Bonchev–Trinajstić information content (AvgIpc) is 1.95. The number of nitrogens with zero attached hydrogens (tertiary/aromatic N) is 2. The fourth-order valence-electron chi connectivity index (χ4n) is 0.721. The van der Waals surface area contributed by atoms with E-state index in [0.29, 0.717) is 6.54 Å². The molecule has 0 saturated carbocycles. The molecule has 0 aromatic carbocycles. The zero-order chi connectivity index (χ0) is 7.40. The van der Waals surface area contributed by atoms with E-state index in [1.54, 1.807) is 0 Å². The Morgan fingerprint density at radius 3 is 2.90 bits per heavy atom. The molecule has 1 heterocycles. The molecule has 2 heteroatoms. The minimum Gasteiger partial charge on any atom is -0.296 e. The summed E-state index contributed by atoms with van der Waals surface area (Å²) < 4.78 is 0. The van der Waals surface area contributed by atoms with Gasteiger partial charge < -0.3 is 0 Å². The first-order valence-electron chi connectivity index (χ1n) is 3.17. The summed E-state index contributed by atoms with van der Waals surface area (Å²) in [4.78, 5) is 7.86. The van der Waals surface area contributed by atoms with Crippen LogP contribution in [0.3, 0.4) is 0 Å². The van der Waals surface area contributed by atoms with E-state index in [1.165, 1.54) is 0 Å². The highest BCUT2D eigenvalue weighted by molar-refractivity contribution is 5.24. The molecule has 0 unspecified atom stereocenters. The van der Waals surface area contributed by atoms with Crippen molar-refractivity contribution in [3.8, 4) is 0 Å². The van der Waals surface area contributed by atoms with Crippen LogP contribution in [-0.2, 0) is 6.54 Å². The predicted molar refractivity (Wildman–Crippen MR) is 42.2 cm³/mol. The minimum absolute atomic E-state index is 0.660. The molecule has 0 spiro atoms. The largest absolute Gasteiger partial charge is 0.296 e. The monoisotopic (exact) mass is 134 g/mol. The summed E-state index contributed by atoms with van der Waals surface area (Å²) in [5.41, 5.74) is 2.15. The molecule has 1 aromatic rings. The van der Waals surface area contributed by atoms with Crippen LogP contribution in [0.2, 0.25) is 0 Å². The molecule has 0 saturated heterocycles. The minimum atomic E-state index is 0.660. The highest BCUT2D eigenvalue weighted by atomic mass is 14.7. The maximum absolute atomic E-state index is 4.11. The Bertz CT molecular complexity index is 213. The molecular formula is C8H10N2. The van der Waals surface area contributed by atoms with Crippen molar-refractivity contribution in [3.63, 3.8) is 0 Å². The van der Waals surface area contributed by atoms with Crippen LogP contribution in [0, 0.1) is 6.92 Å². The first-order valence-corrected chi connectivity index (χ1v) is 3.17. The third kappa shape index (κ3) is 1.65. The first kappa shape index (κ1) is 6.93. The Kier molecular flexibility index (Phi) is 2.15. The van der Waals surface area contributed by atoms with Crippen molar-refractivity contribution >= 4 is 6.72 Å². The molecule has 1 aromatic heterocycles. The lowest BCUT2D eigenvalue weighted by atomic mass is 10.2. The zero-order valence-electron chi connectivity index (χ0n) is 6.04. The Morgan fingerprint density at radius 2 is 2.40 bits per heavy atom. The zero-order valence-corrected chi connectivity index (χ0v) is 6.04. The maximum atomic E-state index is 4.11. The van der Waals surface area contributed by atoms with Crippen LogP contribution in [0.4, 0.5) is 0 Å². The summed E-state index contributed by atoms with van der Waals surface area (Å²) in [6.45, 7) is 6.02. The molecule has 2 nitrogen and oxygen atoms in total. The average molecular weight is 134 g/mol. The van der Waals surface area contributed by atoms with Crippen LogP contribution < -0.4 is 0 Å². The molecule has 0 fully saturated rings. The molecule has 0 N–H and O–H groups in total. The van der Waals surface area contributed by atoms with Crippen LogP contribution in [0.15, 0.2) is 23.3 Å². The molecule has 0 aliphatic heterocycles. The van der Waals surface area contributed by atoms with E-state index in [4.69, 9.17) is 0 Å². The number of rotatable bonds is 2. The Hall–Kier alpha value is -1.18. The van der Waals surface area contributed by atoms with E-state index in [2.05, 4.69) is 16.7 Å². The lowest BCUT2D eigenvalue weighted by Crippen LogP contribution is -1.84. The van der Waals surface area contributed by atoms with E-state index in [-0.39, 0.29) is 0 Å². The molecule has 0 amide bonds. The van der Waals surface area contributed by atoms with Crippen molar-refractivity contribution in [2.45, 2.75) is 13.5 Å². The summed E-state index contributed by atoms with van der Waals surface area (Å²) >= 11 is 0. The standard InChI is InChI=1S/C8H10N2/c1-7-3-4-8(5-9-2)6-10-7/h3-4,6H,2,5H2,1H3. The number of aryl methyl sites for hydroxylation is 1. The van der Waals surface area contributed by atoms with Gasteiger partial charge in [0, 0.05) is 11.9 Å². The van der Waals surface area contributed by atoms with Crippen molar-refractivity contribution in [1.29, 1.82) is 0 Å². The number of hydrogen-bond acceptors (Lipinski definition) is 2. The normalized spacial score (nSPS) is 9.30. The van der Waals surface area contributed by atoms with Crippen molar-refractivity contribution in [1.82, 2.24) is 4.98 Å². The number of aromatic nitrogens is 1. The van der Waals surface area contributed by atoms with Crippen molar-refractivity contribution < 1.29 is 0 Å². The van der Waals surface area contributed by atoms with Crippen LogP contribution in [-0.4, -0.2) is 11.7 Å². The summed E-state index contributed by atoms with van der Waals surface area (Å²) in [5, 5.41) is 0. The first-order chi connectivity index (χ1) is 4.83.